The van der Waals surface area contributed by atoms with Crippen LogP contribution in [0.3, 0.4) is 0 Å². The fraction of sp³-hybridized carbons (Fsp3) is 0.0690. The summed E-state index contributed by atoms with van der Waals surface area (Å²) in [5, 5.41) is 3.62. The van der Waals surface area contributed by atoms with E-state index in [1.807, 2.05) is 12.3 Å². The summed E-state index contributed by atoms with van der Waals surface area (Å²) in [7, 11) is 0. The first kappa shape index (κ1) is 36.8. The van der Waals surface area contributed by atoms with Gasteiger partial charge >= 0.3 is 0 Å². The van der Waals surface area contributed by atoms with E-state index >= 15 is 0 Å². The molecule has 0 bridgehead atoms. The summed E-state index contributed by atoms with van der Waals surface area (Å²) in [5.41, 5.74) is 15.7. The lowest BCUT2D eigenvalue weighted by molar-refractivity contribution is -0.571. The Balaban J connectivity index is 1.02. The first-order valence-corrected chi connectivity index (χ1v) is 21.5. The Bertz CT molecular complexity index is 3580. The zero-order valence-electron chi connectivity index (χ0n) is 35.2. The molecule has 63 heavy (non-hydrogen) atoms. The van der Waals surface area contributed by atoms with Gasteiger partial charge in [-0.2, -0.15) is 0 Å². The average Bonchev–Trinajstić information content (AvgIpc) is 3.84. The molecular weight excluding hydrogens is 769 g/mol. The number of hydrogen-bond donors (Lipinski definition) is 0. The van der Waals surface area contributed by atoms with Crippen molar-refractivity contribution in [1.82, 2.24) is 14.1 Å². The lowest BCUT2D eigenvalue weighted by atomic mass is 9.88. The summed E-state index contributed by atoms with van der Waals surface area (Å²) in [4.78, 5) is 5.10. The highest BCUT2D eigenvalue weighted by Crippen LogP contribution is 2.52. The van der Waals surface area contributed by atoms with Gasteiger partial charge in [-0.15, -0.1) is 0 Å². The number of hydrogen-bond acceptors (Lipinski definition) is 2. The van der Waals surface area contributed by atoms with Crippen molar-refractivity contribution in [3.8, 4) is 73.3 Å². The van der Waals surface area contributed by atoms with Crippen LogP contribution in [0.5, 0.6) is 11.5 Å². The number of nitrogens with zero attached hydrogens (tertiary/aromatic N) is 4. The molecule has 0 amide bonds. The maximum Gasteiger partial charge on any atom is 0.269 e. The molecule has 300 valence electrons. The van der Waals surface area contributed by atoms with Crippen LogP contribution < -0.4 is 9.30 Å². The van der Waals surface area contributed by atoms with Crippen molar-refractivity contribution in [1.29, 1.82) is 0 Å². The van der Waals surface area contributed by atoms with E-state index in [-0.39, 0.29) is 5.41 Å². The van der Waals surface area contributed by atoms with Crippen LogP contribution in [-0.4, -0.2) is 14.1 Å². The molecule has 1 aliphatic rings. The summed E-state index contributed by atoms with van der Waals surface area (Å²) >= 11 is 0. The number of pyridine rings is 1. The van der Waals surface area contributed by atoms with Gasteiger partial charge in [0, 0.05) is 28.8 Å². The summed E-state index contributed by atoms with van der Waals surface area (Å²) in [6, 6.07) is 68.8. The monoisotopic (exact) mass is 810 g/mol. The lowest BCUT2D eigenvalue weighted by Gasteiger charge is -2.21. The summed E-state index contributed by atoms with van der Waals surface area (Å²) in [6.07, 6.45) is 5.66. The topological polar surface area (TPSA) is 35.9 Å². The van der Waals surface area contributed by atoms with Gasteiger partial charge in [-0.3, -0.25) is 13.7 Å². The minimum atomic E-state index is -0.0658. The number of para-hydroxylation sites is 3. The SMILES string of the molecule is CC(C)(C)c1ccnc(-n2c3c(c4ccc(Oc5cccc(-n6[c-][n+](-c7ccccc7-c7ccccc7)c7ccccc76)c5)cc42)-c2cccc4cccc(c24)-c2ccccc2-3)c1. The quantitative estimate of drug-likeness (QED) is 0.124. The molecule has 0 unspecified atom stereocenters. The predicted octanol–water partition coefficient (Wildman–Crippen LogP) is 14.3. The van der Waals surface area contributed by atoms with Crippen molar-refractivity contribution in [2.45, 2.75) is 26.2 Å². The van der Waals surface area contributed by atoms with Crippen molar-refractivity contribution in [3.63, 3.8) is 0 Å². The largest absolute Gasteiger partial charge is 0.458 e. The fourth-order valence-corrected chi connectivity index (χ4v) is 9.59. The van der Waals surface area contributed by atoms with Gasteiger partial charge in [0.25, 0.3) is 6.33 Å². The summed E-state index contributed by atoms with van der Waals surface area (Å²) < 4.78 is 13.5. The highest BCUT2D eigenvalue weighted by molar-refractivity contribution is 6.19. The van der Waals surface area contributed by atoms with E-state index in [9.17, 15) is 0 Å². The molecule has 0 radical (unpaired) electrons. The third-order valence-electron chi connectivity index (χ3n) is 12.5. The molecule has 0 aliphatic heterocycles. The van der Waals surface area contributed by atoms with Crippen LogP contribution in [0.1, 0.15) is 26.3 Å². The highest BCUT2D eigenvalue weighted by atomic mass is 16.5. The molecule has 8 aromatic carbocycles. The molecule has 0 N–H and O–H groups in total. The van der Waals surface area contributed by atoms with Gasteiger partial charge in [-0.05, 0) is 98.1 Å². The third-order valence-corrected chi connectivity index (χ3v) is 12.5. The lowest BCUT2D eigenvalue weighted by Crippen LogP contribution is -2.30. The number of rotatable bonds is 6. The van der Waals surface area contributed by atoms with Gasteiger partial charge in [0.05, 0.1) is 33.6 Å². The Morgan fingerprint density at radius 2 is 1.25 bits per heavy atom. The van der Waals surface area contributed by atoms with Gasteiger partial charge in [-0.25, -0.2) is 4.98 Å². The Labute approximate surface area is 366 Å². The van der Waals surface area contributed by atoms with Gasteiger partial charge in [0.15, 0.2) is 0 Å². The zero-order valence-corrected chi connectivity index (χ0v) is 35.2. The minimum absolute atomic E-state index is 0.0658. The summed E-state index contributed by atoms with van der Waals surface area (Å²) in [5.74, 6) is 2.34. The van der Waals surface area contributed by atoms with E-state index in [1.54, 1.807) is 0 Å². The Hall–Kier alpha value is -8.02. The first-order valence-electron chi connectivity index (χ1n) is 21.5. The zero-order chi connectivity index (χ0) is 42.2. The summed E-state index contributed by atoms with van der Waals surface area (Å²) in [6.45, 7) is 6.76. The molecule has 3 heterocycles. The molecule has 0 saturated carbocycles. The molecule has 0 atom stereocenters. The Morgan fingerprint density at radius 1 is 0.556 bits per heavy atom. The molecule has 3 aromatic heterocycles. The standard InChI is InChI=1S/C58H42N4O/c1-58(2,3)40-32-33-59-54(34-40)62-53-36-43(30-31-48(53)56-49-26-14-19-39-18-13-25-46(55(39)49)45-23-7-8-24-47(45)57(56)62)63-42-21-15-20-41(35-42)60-37-61(52-29-12-11-28-51(52)60)50-27-10-9-22-44(50)38-16-5-4-6-17-38/h4-36H,1-3H3. The van der Waals surface area contributed by atoms with Crippen molar-refractivity contribution < 1.29 is 9.30 Å². The third kappa shape index (κ3) is 5.99. The predicted molar refractivity (Wildman–Crippen MR) is 256 cm³/mol. The smallest absolute Gasteiger partial charge is 0.269 e. The van der Waals surface area contributed by atoms with Gasteiger partial charge in [0.1, 0.15) is 17.3 Å². The molecule has 5 heteroatoms. The number of aromatic nitrogens is 4. The number of imidazole rings is 1. The molecule has 11 aromatic rings. The number of fused-ring (bicyclic) bond motifs is 8. The van der Waals surface area contributed by atoms with Crippen molar-refractivity contribution in [2.24, 2.45) is 0 Å². The Kier molecular flexibility index (Phi) is 8.35. The van der Waals surface area contributed by atoms with Crippen molar-refractivity contribution in [3.05, 3.63) is 212 Å². The van der Waals surface area contributed by atoms with Crippen molar-refractivity contribution >= 4 is 32.7 Å². The van der Waals surface area contributed by atoms with E-state index in [0.29, 0.717) is 0 Å². The fourth-order valence-electron chi connectivity index (χ4n) is 9.59. The average molecular weight is 811 g/mol. The van der Waals surface area contributed by atoms with Crippen LogP contribution in [0.2, 0.25) is 0 Å². The highest BCUT2D eigenvalue weighted by Gasteiger charge is 2.29. The van der Waals surface area contributed by atoms with Gasteiger partial charge in [-0.1, -0.05) is 160 Å². The number of ether oxygens (including phenoxy) is 1. The van der Waals surface area contributed by atoms with Crippen LogP contribution in [-0.2, 0) is 5.41 Å². The van der Waals surface area contributed by atoms with Crippen LogP contribution in [0.25, 0.3) is 94.5 Å². The van der Waals surface area contributed by atoms with Crippen molar-refractivity contribution in [2.75, 3.05) is 0 Å². The van der Waals surface area contributed by atoms with Crippen LogP contribution >= 0.6 is 0 Å². The van der Waals surface area contributed by atoms with Crippen LogP contribution in [0.4, 0.5) is 0 Å². The molecule has 12 rings (SSSR count). The second-order valence-corrected chi connectivity index (χ2v) is 17.4. The normalized spacial score (nSPS) is 12.0. The number of benzene rings is 8. The van der Waals surface area contributed by atoms with E-state index in [4.69, 9.17) is 9.72 Å². The van der Waals surface area contributed by atoms with Gasteiger partial charge < -0.3 is 4.74 Å². The molecule has 5 nitrogen and oxygen atoms in total. The molecule has 0 saturated heterocycles. The first-order chi connectivity index (χ1) is 30.9. The van der Waals surface area contributed by atoms with E-state index in [0.717, 1.165) is 67.4 Å². The molecule has 1 aliphatic carbocycles. The second-order valence-electron chi connectivity index (χ2n) is 17.4. The minimum Gasteiger partial charge on any atom is -0.458 e. The maximum absolute atomic E-state index is 6.87. The van der Waals surface area contributed by atoms with E-state index in [1.165, 1.54) is 44.2 Å². The Morgan fingerprint density at radius 3 is 2.10 bits per heavy atom. The van der Waals surface area contributed by atoms with E-state index in [2.05, 4.69) is 229 Å². The molecule has 0 fully saturated rings. The maximum atomic E-state index is 6.87. The molecular formula is C58H42N4O. The van der Waals surface area contributed by atoms with Gasteiger partial charge in [0.2, 0.25) is 0 Å². The molecule has 0 spiro atoms. The second kappa shape index (κ2) is 14.3. The van der Waals surface area contributed by atoms with Crippen LogP contribution in [0, 0.1) is 6.33 Å². The van der Waals surface area contributed by atoms with Crippen LogP contribution in [0.15, 0.2) is 200 Å². The van der Waals surface area contributed by atoms with E-state index < -0.39 is 0 Å².